The van der Waals surface area contributed by atoms with E-state index in [0.717, 1.165) is 55.7 Å². The number of nitrogens with zero attached hydrogens (tertiary/aromatic N) is 5. The van der Waals surface area contributed by atoms with Crippen molar-refractivity contribution in [3.63, 3.8) is 0 Å². The van der Waals surface area contributed by atoms with E-state index in [0.29, 0.717) is 13.0 Å². The molecule has 2 amide bonds. The molecule has 1 aromatic heterocycles. The van der Waals surface area contributed by atoms with Crippen molar-refractivity contribution in [2.75, 3.05) is 75.9 Å². The summed E-state index contributed by atoms with van der Waals surface area (Å²) in [6.07, 6.45) is -2.64. The van der Waals surface area contributed by atoms with Crippen LogP contribution < -0.4 is 20.9 Å². The number of hydrogen-bond acceptors (Lipinski definition) is 7. The molecule has 36 heavy (non-hydrogen) atoms. The van der Waals surface area contributed by atoms with Gasteiger partial charge in [-0.1, -0.05) is 6.92 Å². The van der Waals surface area contributed by atoms with E-state index in [2.05, 4.69) is 48.8 Å². The van der Waals surface area contributed by atoms with Crippen molar-refractivity contribution in [1.29, 1.82) is 0 Å². The van der Waals surface area contributed by atoms with Gasteiger partial charge in [0.25, 0.3) is 0 Å². The summed E-state index contributed by atoms with van der Waals surface area (Å²) in [5.74, 6) is -0.223. The molecule has 0 radical (unpaired) electrons. The first-order valence-corrected chi connectivity index (χ1v) is 12.0. The maximum absolute atomic E-state index is 13.5. The minimum absolute atomic E-state index is 0.0773. The normalized spacial score (nSPS) is 14.5. The number of rotatable bonds is 9. The van der Waals surface area contributed by atoms with Crippen molar-refractivity contribution < 1.29 is 18.0 Å². The van der Waals surface area contributed by atoms with Crippen LogP contribution in [0, 0.1) is 0 Å². The third kappa shape index (κ3) is 7.36. The molecule has 0 aliphatic carbocycles. The van der Waals surface area contributed by atoms with Crippen molar-refractivity contribution in [1.82, 2.24) is 25.1 Å². The number of benzene rings is 1. The summed E-state index contributed by atoms with van der Waals surface area (Å²) in [4.78, 5) is 25.6. The summed E-state index contributed by atoms with van der Waals surface area (Å²) < 4.78 is 40.6. The van der Waals surface area contributed by atoms with Crippen LogP contribution in [0.2, 0.25) is 0 Å². The molecule has 1 aromatic carbocycles. The number of piperazine rings is 1. The van der Waals surface area contributed by atoms with Crippen LogP contribution in [0.3, 0.4) is 0 Å². The number of aromatic nitrogens is 2. The van der Waals surface area contributed by atoms with Crippen LogP contribution in [0.25, 0.3) is 0 Å². The third-order valence-corrected chi connectivity index (χ3v) is 6.01. The van der Waals surface area contributed by atoms with Gasteiger partial charge in [0.1, 0.15) is 11.4 Å². The van der Waals surface area contributed by atoms with Gasteiger partial charge in [0.05, 0.1) is 0 Å². The molecule has 9 nitrogen and oxygen atoms in total. The minimum atomic E-state index is -4.60. The Balaban J connectivity index is 1.71. The Morgan fingerprint density at radius 3 is 2.50 bits per heavy atom. The van der Waals surface area contributed by atoms with Gasteiger partial charge in [-0.3, -0.25) is 0 Å². The molecule has 1 aliphatic rings. The lowest BCUT2D eigenvalue weighted by atomic mass is 10.1. The largest absolute Gasteiger partial charge is 0.421 e. The predicted molar refractivity (Wildman–Crippen MR) is 136 cm³/mol. The fraction of sp³-hybridized carbons (Fsp3) is 0.542. The molecule has 1 fully saturated rings. The molecule has 0 unspecified atom stereocenters. The molecule has 0 bridgehead atoms. The molecular formula is C24H35F3N8O. The highest BCUT2D eigenvalue weighted by atomic mass is 19.4. The first-order valence-electron chi connectivity index (χ1n) is 12.0. The van der Waals surface area contributed by atoms with E-state index < -0.39 is 11.7 Å². The molecule has 198 valence electrons. The number of aryl methyl sites for hydroxylation is 1. The highest BCUT2D eigenvalue weighted by Crippen LogP contribution is 2.34. The first-order chi connectivity index (χ1) is 17.1. The second-order valence-electron chi connectivity index (χ2n) is 8.97. The van der Waals surface area contributed by atoms with Crippen LogP contribution >= 0.6 is 0 Å². The quantitative estimate of drug-likeness (QED) is 0.446. The molecule has 0 saturated carbocycles. The molecule has 3 N–H and O–H groups in total. The number of alkyl halides is 3. The summed E-state index contributed by atoms with van der Waals surface area (Å²) in [7, 11) is 5.34. The summed E-state index contributed by atoms with van der Waals surface area (Å²) in [5, 5.41) is 8.51. The van der Waals surface area contributed by atoms with Gasteiger partial charge in [-0.25, -0.2) is 9.78 Å². The molecule has 2 aromatic rings. The molecule has 1 saturated heterocycles. The second kappa shape index (κ2) is 12.1. The molecule has 2 heterocycles. The number of amides is 2. The van der Waals surface area contributed by atoms with Crippen LogP contribution in [0.5, 0.6) is 0 Å². The average Bonchev–Trinajstić information content (AvgIpc) is 2.83. The summed E-state index contributed by atoms with van der Waals surface area (Å²) in [6, 6.07) is 5.79. The molecule has 1 aliphatic heterocycles. The number of halogens is 3. The van der Waals surface area contributed by atoms with E-state index in [1.54, 1.807) is 14.1 Å². The number of anilines is 4. The number of hydrogen-bond donors (Lipinski definition) is 3. The Hall–Kier alpha value is -3.28. The lowest BCUT2D eigenvalue weighted by Gasteiger charge is -2.34. The minimum Gasteiger partial charge on any atom is -0.369 e. The van der Waals surface area contributed by atoms with Gasteiger partial charge in [0.15, 0.2) is 0 Å². The number of carbonyl (C=O) groups is 1. The van der Waals surface area contributed by atoms with Gasteiger partial charge in [-0.05, 0) is 43.7 Å². The van der Waals surface area contributed by atoms with Gasteiger partial charge in [0.2, 0.25) is 5.95 Å². The van der Waals surface area contributed by atoms with Crippen LogP contribution in [0.15, 0.2) is 24.4 Å². The van der Waals surface area contributed by atoms with Gasteiger partial charge < -0.3 is 30.7 Å². The Morgan fingerprint density at radius 2 is 1.86 bits per heavy atom. The SMILES string of the molecule is CCc1cc(N2CCN(C)CC2)ccc1Nc1ncc(C(F)(F)F)c(NCCCNC(=O)N(C)C)n1. The van der Waals surface area contributed by atoms with Crippen molar-refractivity contribution in [3.05, 3.63) is 35.5 Å². The predicted octanol–water partition coefficient (Wildman–Crippen LogP) is 3.63. The maximum atomic E-state index is 13.5. The van der Waals surface area contributed by atoms with Gasteiger partial charge in [-0.2, -0.15) is 18.2 Å². The standard InChI is InChI=1S/C24H35F3N8O/c1-5-17-15-18(35-13-11-34(4)12-14-35)7-8-20(17)31-22-30-16-19(24(25,26)27)21(32-22)28-9-6-10-29-23(36)33(2)3/h7-8,15-16H,5-6,9-14H2,1-4H3,(H,29,36)(H2,28,30,31,32). The van der Waals surface area contributed by atoms with E-state index in [-0.39, 0.29) is 24.3 Å². The lowest BCUT2D eigenvalue weighted by Crippen LogP contribution is -2.44. The second-order valence-corrected chi connectivity index (χ2v) is 8.97. The Morgan fingerprint density at radius 1 is 1.14 bits per heavy atom. The summed E-state index contributed by atoms with van der Waals surface area (Å²) in [6.45, 7) is 6.44. The van der Waals surface area contributed by atoms with Gasteiger partial charge in [0, 0.05) is 70.9 Å². The topological polar surface area (TPSA) is 88.7 Å². The zero-order valence-corrected chi connectivity index (χ0v) is 21.2. The summed E-state index contributed by atoms with van der Waals surface area (Å²) in [5.41, 5.74) is 1.97. The number of urea groups is 1. The smallest absolute Gasteiger partial charge is 0.369 e. The van der Waals surface area contributed by atoms with E-state index in [1.165, 1.54) is 4.90 Å². The van der Waals surface area contributed by atoms with E-state index in [1.807, 2.05) is 19.1 Å². The van der Waals surface area contributed by atoms with Crippen molar-refractivity contribution in [2.24, 2.45) is 0 Å². The molecular weight excluding hydrogens is 473 g/mol. The number of likely N-dealkylation sites (N-methyl/N-ethyl adjacent to an activating group) is 1. The van der Waals surface area contributed by atoms with Crippen LogP contribution in [0.4, 0.5) is 41.1 Å². The van der Waals surface area contributed by atoms with Crippen LogP contribution in [0.1, 0.15) is 24.5 Å². The van der Waals surface area contributed by atoms with Crippen molar-refractivity contribution >= 4 is 29.2 Å². The Labute approximate surface area is 210 Å². The molecule has 0 atom stereocenters. The molecule has 3 rings (SSSR count). The van der Waals surface area contributed by atoms with E-state index in [9.17, 15) is 18.0 Å². The molecule has 0 spiro atoms. The zero-order valence-electron chi connectivity index (χ0n) is 21.2. The average molecular weight is 509 g/mol. The summed E-state index contributed by atoms with van der Waals surface area (Å²) >= 11 is 0. The highest BCUT2D eigenvalue weighted by molar-refractivity contribution is 5.73. The Bertz CT molecular complexity index is 1020. The van der Waals surface area contributed by atoms with Crippen molar-refractivity contribution in [3.8, 4) is 0 Å². The van der Waals surface area contributed by atoms with Crippen LogP contribution in [-0.2, 0) is 12.6 Å². The van der Waals surface area contributed by atoms with Gasteiger partial charge >= 0.3 is 12.2 Å². The van der Waals surface area contributed by atoms with Crippen LogP contribution in [-0.4, -0.2) is 86.2 Å². The zero-order chi connectivity index (χ0) is 26.3. The number of carbonyl (C=O) groups excluding carboxylic acids is 1. The first kappa shape index (κ1) is 27.3. The van der Waals surface area contributed by atoms with E-state index >= 15 is 0 Å². The highest BCUT2D eigenvalue weighted by Gasteiger charge is 2.35. The fourth-order valence-corrected chi connectivity index (χ4v) is 3.81. The Kier molecular flexibility index (Phi) is 9.19. The maximum Gasteiger partial charge on any atom is 0.421 e. The number of nitrogens with one attached hydrogen (secondary N) is 3. The fourth-order valence-electron chi connectivity index (χ4n) is 3.81. The third-order valence-electron chi connectivity index (χ3n) is 6.01. The van der Waals surface area contributed by atoms with Gasteiger partial charge in [-0.15, -0.1) is 0 Å². The van der Waals surface area contributed by atoms with Crippen molar-refractivity contribution in [2.45, 2.75) is 25.9 Å². The lowest BCUT2D eigenvalue weighted by molar-refractivity contribution is -0.137. The van der Waals surface area contributed by atoms with E-state index in [4.69, 9.17) is 0 Å². The molecule has 12 heteroatoms. The monoisotopic (exact) mass is 508 g/mol.